The number of amides is 1. The second kappa shape index (κ2) is 10.1. The lowest BCUT2D eigenvalue weighted by atomic mass is 10.1. The van der Waals surface area contributed by atoms with Crippen molar-refractivity contribution in [1.82, 2.24) is 0 Å². The van der Waals surface area contributed by atoms with Gasteiger partial charge in [0, 0.05) is 11.3 Å². The van der Waals surface area contributed by atoms with Crippen LogP contribution in [0.1, 0.15) is 31.1 Å². The Hall–Kier alpha value is -3.35. The molecule has 1 N–H and O–H groups in total. The summed E-state index contributed by atoms with van der Waals surface area (Å²) in [5, 5.41) is 2.66. The van der Waals surface area contributed by atoms with Crippen molar-refractivity contribution in [2.24, 2.45) is 0 Å². The molecule has 0 spiro atoms. The van der Waals surface area contributed by atoms with Crippen molar-refractivity contribution in [3.8, 4) is 11.5 Å². The van der Waals surface area contributed by atoms with Crippen LogP contribution < -0.4 is 14.8 Å². The van der Waals surface area contributed by atoms with Gasteiger partial charge in [-0.25, -0.2) is 4.79 Å². The number of carbonyl (C=O) groups is 3. The average Bonchev–Trinajstić information content (AvgIpc) is 2.68. The molecule has 2 rings (SSSR count). The molecule has 7 heteroatoms. The standard InChI is InChI=1S/C21H23NO6/c1-4-26-18-11-7-17(8-12-18)22-21(25)15(3)28-20(24)13-27-19-9-5-16(6-10-19)14(2)23/h5-12,15H,4,13H2,1-3H3,(H,22,25)/t15-/m1/s1. The minimum Gasteiger partial charge on any atom is -0.494 e. The monoisotopic (exact) mass is 385 g/mol. The number of hydrogen-bond donors (Lipinski definition) is 1. The minimum absolute atomic E-state index is 0.0571. The number of rotatable bonds is 9. The van der Waals surface area contributed by atoms with Crippen LogP contribution in [0.4, 0.5) is 5.69 Å². The summed E-state index contributed by atoms with van der Waals surface area (Å²) in [4.78, 5) is 35.2. The van der Waals surface area contributed by atoms with E-state index in [0.29, 0.717) is 29.4 Å². The molecule has 1 atom stereocenters. The molecule has 0 heterocycles. The van der Waals surface area contributed by atoms with Crippen LogP contribution in [0.5, 0.6) is 11.5 Å². The first kappa shape index (κ1) is 21.0. The molecule has 0 aromatic heterocycles. The number of ether oxygens (including phenoxy) is 3. The minimum atomic E-state index is -0.984. The molecule has 28 heavy (non-hydrogen) atoms. The normalized spacial score (nSPS) is 11.2. The number of Topliss-reactive ketones (excluding diaryl/α,β-unsaturated/α-hetero) is 1. The molecule has 2 aromatic carbocycles. The van der Waals surface area contributed by atoms with Crippen LogP contribution in [0.25, 0.3) is 0 Å². The maximum absolute atomic E-state index is 12.1. The molecule has 0 fully saturated rings. The Balaban J connectivity index is 1.78. The predicted octanol–water partition coefficient (Wildman–Crippen LogP) is 3.24. The number of ketones is 1. The third-order valence-corrected chi connectivity index (χ3v) is 3.73. The number of benzene rings is 2. The molecular weight excluding hydrogens is 362 g/mol. The van der Waals surface area contributed by atoms with E-state index in [-0.39, 0.29) is 12.4 Å². The van der Waals surface area contributed by atoms with Crippen LogP contribution >= 0.6 is 0 Å². The van der Waals surface area contributed by atoms with E-state index in [1.807, 2.05) is 6.92 Å². The van der Waals surface area contributed by atoms with Crippen molar-refractivity contribution in [1.29, 1.82) is 0 Å². The lowest BCUT2D eigenvalue weighted by molar-refractivity contribution is -0.155. The smallest absolute Gasteiger partial charge is 0.344 e. The zero-order valence-electron chi connectivity index (χ0n) is 16.1. The predicted molar refractivity (Wildman–Crippen MR) is 104 cm³/mol. The highest BCUT2D eigenvalue weighted by atomic mass is 16.6. The Morgan fingerprint density at radius 1 is 0.929 bits per heavy atom. The van der Waals surface area contributed by atoms with E-state index in [2.05, 4.69) is 5.32 Å². The summed E-state index contributed by atoms with van der Waals surface area (Å²) in [7, 11) is 0. The summed E-state index contributed by atoms with van der Waals surface area (Å²) in [6.07, 6.45) is -0.984. The molecule has 0 saturated carbocycles. The SMILES string of the molecule is CCOc1ccc(NC(=O)[C@@H](C)OC(=O)COc2ccc(C(C)=O)cc2)cc1. The van der Waals surface area contributed by atoms with E-state index in [4.69, 9.17) is 14.2 Å². The highest BCUT2D eigenvalue weighted by Gasteiger charge is 2.18. The molecule has 0 bridgehead atoms. The first-order valence-electron chi connectivity index (χ1n) is 8.86. The molecule has 0 saturated heterocycles. The third-order valence-electron chi connectivity index (χ3n) is 3.73. The first-order chi connectivity index (χ1) is 13.4. The quantitative estimate of drug-likeness (QED) is 0.526. The van der Waals surface area contributed by atoms with Crippen LogP contribution in [0.2, 0.25) is 0 Å². The van der Waals surface area contributed by atoms with E-state index in [9.17, 15) is 14.4 Å². The van der Waals surface area contributed by atoms with E-state index < -0.39 is 18.0 Å². The molecule has 0 aliphatic heterocycles. The molecule has 148 valence electrons. The molecule has 0 unspecified atom stereocenters. The van der Waals surface area contributed by atoms with Gasteiger partial charge in [-0.2, -0.15) is 0 Å². The Labute approximate surface area is 163 Å². The fraction of sp³-hybridized carbons (Fsp3) is 0.286. The molecule has 7 nitrogen and oxygen atoms in total. The first-order valence-corrected chi connectivity index (χ1v) is 8.86. The van der Waals surface area contributed by atoms with Gasteiger partial charge in [0.15, 0.2) is 18.5 Å². The molecule has 0 aliphatic rings. The van der Waals surface area contributed by atoms with E-state index in [1.54, 1.807) is 48.5 Å². The van der Waals surface area contributed by atoms with Gasteiger partial charge in [0.1, 0.15) is 11.5 Å². The largest absolute Gasteiger partial charge is 0.494 e. The number of hydrogen-bond acceptors (Lipinski definition) is 6. The number of nitrogens with one attached hydrogen (secondary N) is 1. The van der Waals surface area contributed by atoms with Gasteiger partial charge in [-0.05, 0) is 69.3 Å². The highest BCUT2D eigenvalue weighted by molar-refractivity contribution is 5.95. The molecular formula is C21H23NO6. The van der Waals surface area contributed by atoms with Gasteiger partial charge in [-0.1, -0.05) is 0 Å². The van der Waals surface area contributed by atoms with Gasteiger partial charge in [-0.3, -0.25) is 9.59 Å². The van der Waals surface area contributed by atoms with Crippen LogP contribution in [-0.4, -0.2) is 37.0 Å². The summed E-state index contributed by atoms with van der Waals surface area (Å²) in [6.45, 7) is 5.04. The van der Waals surface area contributed by atoms with Crippen LogP contribution in [-0.2, 0) is 14.3 Å². The van der Waals surface area contributed by atoms with Crippen molar-refractivity contribution in [2.45, 2.75) is 26.9 Å². The Bertz CT molecular complexity index is 814. The molecule has 0 aliphatic carbocycles. The Morgan fingerprint density at radius 2 is 1.50 bits per heavy atom. The molecule has 1 amide bonds. The van der Waals surface area contributed by atoms with E-state index in [0.717, 1.165) is 0 Å². The second-order valence-electron chi connectivity index (χ2n) is 5.95. The topological polar surface area (TPSA) is 90.9 Å². The Kier molecular flexibility index (Phi) is 7.56. The van der Waals surface area contributed by atoms with Crippen molar-refractivity contribution >= 4 is 23.3 Å². The van der Waals surface area contributed by atoms with Crippen molar-refractivity contribution in [3.63, 3.8) is 0 Å². The summed E-state index contributed by atoms with van der Waals surface area (Å²) < 4.78 is 15.7. The van der Waals surface area contributed by atoms with Gasteiger partial charge in [0.05, 0.1) is 6.61 Å². The zero-order valence-corrected chi connectivity index (χ0v) is 16.1. The third kappa shape index (κ3) is 6.42. The lowest BCUT2D eigenvalue weighted by Gasteiger charge is -2.14. The summed E-state index contributed by atoms with van der Waals surface area (Å²) in [5.41, 5.74) is 1.12. The van der Waals surface area contributed by atoms with Gasteiger partial charge >= 0.3 is 5.97 Å². The average molecular weight is 385 g/mol. The van der Waals surface area contributed by atoms with Crippen LogP contribution in [0.15, 0.2) is 48.5 Å². The fourth-order valence-electron chi connectivity index (χ4n) is 2.26. The zero-order chi connectivity index (χ0) is 20.5. The van der Waals surface area contributed by atoms with Gasteiger partial charge in [0.2, 0.25) is 0 Å². The summed E-state index contributed by atoms with van der Waals surface area (Å²) in [6, 6.07) is 13.3. The van der Waals surface area contributed by atoms with Gasteiger partial charge < -0.3 is 19.5 Å². The molecule has 0 radical (unpaired) electrons. The summed E-state index contributed by atoms with van der Waals surface area (Å²) >= 11 is 0. The molecule has 2 aromatic rings. The maximum Gasteiger partial charge on any atom is 0.344 e. The van der Waals surface area contributed by atoms with Gasteiger partial charge in [-0.15, -0.1) is 0 Å². The van der Waals surface area contributed by atoms with Crippen molar-refractivity contribution < 1.29 is 28.6 Å². The maximum atomic E-state index is 12.1. The van der Waals surface area contributed by atoms with Crippen LogP contribution in [0, 0.1) is 0 Å². The highest BCUT2D eigenvalue weighted by Crippen LogP contribution is 2.16. The van der Waals surface area contributed by atoms with Gasteiger partial charge in [0.25, 0.3) is 5.91 Å². The number of anilines is 1. The van der Waals surface area contributed by atoms with Crippen molar-refractivity contribution in [3.05, 3.63) is 54.1 Å². The summed E-state index contributed by atoms with van der Waals surface area (Å²) in [5.74, 6) is -0.0615. The second-order valence-corrected chi connectivity index (χ2v) is 5.95. The Morgan fingerprint density at radius 3 is 2.07 bits per heavy atom. The van der Waals surface area contributed by atoms with Crippen LogP contribution in [0.3, 0.4) is 0 Å². The fourth-order valence-corrected chi connectivity index (χ4v) is 2.26. The lowest BCUT2D eigenvalue weighted by Crippen LogP contribution is -2.31. The van der Waals surface area contributed by atoms with E-state index >= 15 is 0 Å². The van der Waals surface area contributed by atoms with E-state index in [1.165, 1.54) is 13.8 Å². The number of esters is 1. The number of carbonyl (C=O) groups excluding carboxylic acids is 3. The van der Waals surface area contributed by atoms with Crippen molar-refractivity contribution in [2.75, 3.05) is 18.5 Å².